The van der Waals surface area contributed by atoms with Gasteiger partial charge in [0.2, 0.25) is 5.95 Å². The van der Waals surface area contributed by atoms with Gasteiger partial charge in [0.15, 0.2) is 11.5 Å². The Morgan fingerprint density at radius 1 is 1.12 bits per heavy atom. The van der Waals surface area contributed by atoms with Crippen molar-refractivity contribution >= 4 is 23.0 Å². The molecular weight excluding hydrogens is 352 g/mol. The predicted octanol–water partition coefficient (Wildman–Crippen LogP) is 3.36. The van der Waals surface area contributed by atoms with E-state index in [1.165, 1.54) is 0 Å². The maximum absolute atomic E-state index is 12.2. The molecule has 0 amide bonds. The Balaban J connectivity index is 1.77. The number of hydrogen-bond acceptors (Lipinski definition) is 7. The Morgan fingerprint density at radius 3 is 2.62 bits per heavy atom. The molecule has 0 radical (unpaired) electrons. The summed E-state index contributed by atoms with van der Waals surface area (Å²) in [6.07, 6.45) is 0.470. The molecule has 7 nitrogen and oxygen atoms in total. The first kappa shape index (κ1) is 17.9. The van der Waals surface area contributed by atoms with E-state index in [9.17, 15) is 4.79 Å². The van der Waals surface area contributed by atoms with E-state index in [0.29, 0.717) is 42.5 Å². The highest BCUT2D eigenvalue weighted by molar-refractivity contribution is 7.09. The van der Waals surface area contributed by atoms with Crippen LogP contribution in [0.2, 0.25) is 0 Å². The number of nitrogens with zero attached hydrogens (tertiary/aromatic N) is 2. The number of rotatable bonds is 8. The Morgan fingerprint density at radius 2 is 1.92 bits per heavy atom. The normalized spacial score (nSPS) is 10.5. The molecule has 136 valence electrons. The van der Waals surface area contributed by atoms with Gasteiger partial charge in [-0.25, -0.2) is 0 Å². The third-order valence-electron chi connectivity index (χ3n) is 3.49. The van der Waals surface area contributed by atoms with Gasteiger partial charge in [-0.05, 0) is 37.4 Å². The summed E-state index contributed by atoms with van der Waals surface area (Å²) in [5, 5.41) is 13.1. The standard InChI is InChI=1S/C18H20N4O3S/c1-3-24-15-8-7-12(10-16(15)25-4-2)19-18-20-17(23)14(21-22-18)11-13-6-5-9-26-13/h5-10H,3-4,11H2,1-2H3,(H2,19,20,22,23). The van der Waals surface area contributed by atoms with Crippen LogP contribution < -0.4 is 20.3 Å². The molecule has 0 atom stereocenters. The highest BCUT2D eigenvalue weighted by atomic mass is 32.1. The molecular formula is C18H20N4O3S. The monoisotopic (exact) mass is 372 g/mol. The van der Waals surface area contributed by atoms with Crippen molar-refractivity contribution in [1.29, 1.82) is 0 Å². The van der Waals surface area contributed by atoms with E-state index >= 15 is 0 Å². The van der Waals surface area contributed by atoms with Gasteiger partial charge in [-0.15, -0.1) is 21.5 Å². The number of aromatic nitrogens is 3. The third-order valence-corrected chi connectivity index (χ3v) is 4.37. The van der Waals surface area contributed by atoms with Gasteiger partial charge >= 0.3 is 0 Å². The number of anilines is 2. The van der Waals surface area contributed by atoms with Crippen LogP contribution in [0, 0.1) is 0 Å². The molecule has 26 heavy (non-hydrogen) atoms. The van der Waals surface area contributed by atoms with Gasteiger partial charge in [0.25, 0.3) is 5.56 Å². The van der Waals surface area contributed by atoms with E-state index in [1.54, 1.807) is 17.4 Å². The second kappa shape index (κ2) is 8.48. The number of hydrogen-bond donors (Lipinski definition) is 2. The maximum atomic E-state index is 12.2. The molecule has 2 heterocycles. The van der Waals surface area contributed by atoms with E-state index in [0.717, 1.165) is 4.88 Å². The van der Waals surface area contributed by atoms with E-state index in [1.807, 2.05) is 43.5 Å². The molecule has 0 bridgehead atoms. The van der Waals surface area contributed by atoms with Crippen LogP contribution in [0.25, 0.3) is 0 Å². The summed E-state index contributed by atoms with van der Waals surface area (Å²) in [4.78, 5) is 16.0. The van der Waals surface area contributed by atoms with Crippen molar-refractivity contribution in [2.45, 2.75) is 20.3 Å². The Labute approximate surface area is 155 Å². The number of nitrogens with one attached hydrogen (secondary N) is 2. The van der Waals surface area contributed by atoms with Crippen molar-refractivity contribution in [3.8, 4) is 11.5 Å². The van der Waals surface area contributed by atoms with Crippen LogP contribution in [0.5, 0.6) is 11.5 Å². The van der Waals surface area contributed by atoms with Crippen LogP contribution in [0.1, 0.15) is 24.4 Å². The average molecular weight is 372 g/mol. The molecule has 0 fully saturated rings. The Bertz CT molecular complexity index is 909. The van der Waals surface area contributed by atoms with E-state index in [-0.39, 0.29) is 11.5 Å². The molecule has 0 saturated carbocycles. The second-order valence-electron chi connectivity index (χ2n) is 5.36. The van der Waals surface area contributed by atoms with Crippen molar-refractivity contribution in [2.75, 3.05) is 18.5 Å². The fourth-order valence-electron chi connectivity index (χ4n) is 2.38. The molecule has 3 aromatic rings. The molecule has 2 N–H and O–H groups in total. The topological polar surface area (TPSA) is 89.1 Å². The van der Waals surface area contributed by atoms with Crippen molar-refractivity contribution in [1.82, 2.24) is 15.2 Å². The minimum Gasteiger partial charge on any atom is -0.490 e. The highest BCUT2D eigenvalue weighted by Gasteiger charge is 2.09. The van der Waals surface area contributed by atoms with Crippen LogP contribution >= 0.6 is 11.3 Å². The lowest BCUT2D eigenvalue weighted by Crippen LogP contribution is -2.18. The minimum absolute atomic E-state index is 0.258. The van der Waals surface area contributed by atoms with Gasteiger partial charge in [0, 0.05) is 23.1 Å². The summed E-state index contributed by atoms with van der Waals surface area (Å²) >= 11 is 1.58. The summed E-state index contributed by atoms with van der Waals surface area (Å²) in [6.45, 7) is 4.90. The Kier molecular flexibility index (Phi) is 5.85. The van der Waals surface area contributed by atoms with Gasteiger partial charge < -0.3 is 14.8 Å². The molecule has 0 saturated heterocycles. The third kappa shape index (κ3) is 4.40. The molecule has 0 aliphatic heterocycles. The second-order valence-corrected chi connectivity index (χ2v) is 6.39. The number of benzene rings is 1. The maximum Gasteiger partial charge on any atom is 0.274 e. The first-order chi connectivity index (χ1) is 12.7. The number of aromatic amines is 1. The van der Waals surface area contributed by atoms with Crippen molar-refractivity contribution < 1.29 is 9.47 Å². The number of ether oxygens (including phenoxy) is 2. The SMILES string of the molecule is CCOc1ccc(Nc2nnc(Cc3cccs3)c(=O)[nH]2)cc1OCC. The zero-order valence-corrected chi connectivity index (χ0v) is 15.4. The number of H-pyrrole nitrogens is 1. The molecule has 3 rings (SSSR count). The van der Waals surface area contributed by atoms with Crippen LogP contribution in [0.4, 0.5) is 11.6 Å². The average Bonchev–Trinajstić information content (AvgIpc) is 3.13. The lowest BCUT2D eigenvalue weighted by Gasteiger charge is -2.13. The van der Waals surface area contributed by atoms with Crippen LogP contribution in [-0.4, -0.2) is 28.4 Å². The number of thiophene rings is 1. The zero-order valence-electron chi connectivity index (χ0n) is 14.6. The first-order valence-electron chi connectivity index (χ1n) is 8.34. The largest absolute Gasteiger partial charge is 0.490 e. The van der Waals surface area contributed by atoms with E-state index in [4.69, 9.17) is 9.47 Å². The van der Waals surface area contributed by atoms with Crippen LogP contribution in [0.15, 0.2) is 40.5 Å². The Hall–Kier alpha value is -2.87. The summed E-state index contributed by atoms with van der Waals surface area (Å²) in [7, 11) is 0. The van der Waals surface area contributed by atoms with Crippen molar-refractivity contribution in [3.63, 3.8) is 0 Å². The predicted molar refractivity (Wildman–Crippen MR) is 102 cm³/mol. The fourth-order valence-corrected chi connectivity index (χ4v) is 3.09. The van der Waals surface area contributed by atoms with Crippen molar-refractivity contribution in [3.05, 3.63) is 56.6 Å². The minimum atomic E-state index is -0.258. The van der Waals surface area contributed by atoms with Gasteiger partial charge in [-0.2, -0.15) is 0 Å². The molecule has 0 aliphatic carbocycles. The molecule has 0 aliphatic rings. The summed E-state index contributed by atoms with van der Waals surface area (Å²) < 4.78 is 11.1. The van der Waals surface area contributed by atoms with Gasteiger partial charge in [-0.1, -0.05) is 6.07 Å². The van der Waals surface area contributed by atoms with Crippen LogP contribution in [0.3, 0.4) is 0 Å². The van der Waals surface area contributed by atoms with Gasteiger partial charge in [0.05, 0.1) is 13.2 Å². The van der Waals surface area contributed by atoms with Gasteiger partial charge in [0.1, 0.15) is 5.69 Å². The molecule has 1 aromatic carbocycles. The molecule has 0 unspecified atom stereocenters. The van der Waals surface area contributed by atoms with E-state index in [2.05, 4.69) is 20.5 Å². The smallest absolute Gasteiger partial charge is 0.274 e. The lowest BCUT2D eigenvalue weighted by atomic mass is 10.2. The molecule has 2 aromatic heterocycles. The van der Waals surface area contributed by atoms with Gasteiger partial charge in [-0.3, -0.25) is 9.78 Å². The first-order valence-corrected chi connectivity index (χ1v) is 9.22. The fraction of sp³-hybridized carbons (Fsp3) is 0.278. The zero-order chi connectivity index (χ0) is 18.4. The highest BCUT2D eigenvalue weighted by Crippen LogP contribution is 2.31. The summed E-state index contributed by atoms with van der Waals surface area (Å²) in [6, 6.07) is 9.35. The molecule has 8 heteroatoms. The van der Waals surface area contributed by atoms with E-state index < -0.39 is 0 Å². The quantitative estimate of drug-likeness (QED) is 0.630. The summed E-state index contributed by atoms with van der Waals surface area (Å²) in [5.74, 6) is 1.58. The van der Waals surface area contributed by atoms with Crippen LogP contribution in [-0.2, 0) is 6.42 Å². The lowest BCUT2D eigenvalue weighted by molar-refractivity contribution is 0.288. The summed E-state index contributed by atoms with van der Waals surface area (Å²) in [5.41, 5.74) is 0.847. The van der Waals surface area contributed by atoms with Crippen molar-refractivity contribution in [2.24, 2.45) is 0 Å². The molecule has 0 spiro atoms.